The summed E-state index contributed by atoms with van der Waals surface area (Å²) >= 11 is 7.70. The summed E-state index contributed by atoms with van der Waals surface area (Å²) in [6.07, 6.45) is -0.551. The molecular weight excluding hydrogens is 342 g/mol. The van der Waals surface area contributed by atoms with Gasteiger partial charge in [-0.15, -0.1) is 0 Å². The Morgan fingerprint density at radius 2 is 2.04 bits per heavy atom. The van der Waals surface area contributed by atoms with Crippen LogP contribution in [0, 0.1) is 6.92 Å². The minimum Gasteiger partial charge on any atom is -0.481 e. The van der Waals surface area contributed by atoms with Crippen LogP contribution in [0.15, 0.2) is 48.5 Å². The van der Waals surface area contributed by atoms with Crippen molar-refractivity contribution >= 4 is 29.3 Å². The van der Waals surface area contributed by atoms with Crippen molar-refractivity contribution in [2.45, 2.75) is 25.7 Å². The van der Waals surface area contributed by atoms with Gasteiger partial charge in [-0.3, -0.25) is 4.79 Å². The van der Waals surface area contributed by atoms with Crippen molar-refractivity contribution in [1.29, 1.82) is 0 Å². The third kappa shape index (κ3) is 6.46. The quantitative estimate of drug-likeness (QED) is 0.703. The van der Waals surface area contributed by atoms with Gasteiger partial charge in [0.25, 0.3) is 5.91 Å². The lowest BCUT2D eigenvalue weighted by atomic mass is 10.2. The fourth-order valence-corrected chi connectivity index (χ4v) is 3.17. The second-order valence-electron chi connectivity index (χ2n) is 5.55. The van der Waals surface area contributed by atoms with Crippen LogP contribution in [0.5, 0.6) is 5.75 Å². The van der Waals surface area contributed by atoms with Crippen molar-refractivity contribution < 1.29 is 9.53 Å². The van der Waals surface area contributed by atoms with Gasteiger partial charge in [-0.2, -0.15) is 11.8 Å². The lowest BCUT2D eigenvalue weighted by Gasteiger charge is -2.14. The summed E-state index contributed by atoms with van der Waals surface area (Å²) in [5.41, 5.74) is 2.58. The minimum absolute atomic E-state index is 0.119. The Labute approximate surface area is 152 Å². The third-order valence-corrected chi connectivity index (χ3v) is 4.64. The van der Waals surface area contributed by atoms with Crippen LogP contribution in [0.1, 0.15) is 18.1 Å². The van der Waals surface area contributed by atoms with Crippen LogP contribution >= 0.6 is 23.4 Å². The zero-order chi connectivity index (χ0) is 17.4. The van der Waals surface area contributed by atoms with Gasteiger partial charge in [0.2, 0.25) is 0 Å². The first kappa shape index (κ1) is 18.7. The highest BCUT2D eigenvalue weighted by Gasteiger charge is 2.14. The Kier molecular flexibility index (Phi) is 7.47. The minimum atomic E-state index is -0.551. The van der Waals surface area contributed by atoms with E-state index < -0.39 is 6.10 Å². The van der Waals surface area contributed by atoms with Crippen molar-refractivity contribution in [1.82, 2.24) is 5.32 Å². The van der Waals surface area contributed by atoms with Gasteiger partial charge in [0.15, 0.2) is 6.10 Å². The summed E-state index contributed by atoms with van der Waals surface area (Å²) in [5, 5.41) is 3.49. The monoisotopic (exact) mass is 363 g/mol. The Morgan fingerprint density at radius 3 is 2.79 bits per heavy atom. The first-order chi connectivity index (χ1) is 11.5. The van der Waals surface area contributed by atoms with Crippen molar-refractivity contribution in [3.8, 4) is 5.75 Å². The molecule has 0 aliphatic heterocycles. The van der Waals surface area contributed by atoms with Gasteiger partial charge in [0.05, 0.1) is 0 Å². The maximum absolute atomic E-state index is 12.0. The van der Waals surface area contributed by atoms with E-state index in [-0.39, 0.29) is 5.91 Å². The number of thioether (sulfide) groups is 1. The molecule has 0 aliphatic rings. The van der Waals surface area contributed by atoms with Gasteiger partial charge in [0, 0.05) is 23.1 Å². The average Bonchev–Trinajstić information content (AvgIpc) is 2.54. The molecular formula is C19H22ClNO2S. The number of rotatable bonds is 8. The second kappa shape index (κ2) is 9.60. The van der Waals surface area contributed by atoms with E-state index in [1.165, 1.54) is 11.1 Å². The zero-order valence-electron chi connectivity index (χ0n) is 13.9. The largest absolute Gasteiger partial charge is 0.481 e. The van der Waals surface area contributed by atoms with Gasteiger partial charge < -0.3 is 10.1 Å². The van der Waals surface area contributed by atoms with Crippen molar-refractivity contribution in [2.75, 3.05) is 12.3 Å². The molecule has 1 N–H and O–H groups in total. The Morgan fingerprint density at radius 1 is 1.25 bits per heavy atom. The van der Waals surface area contributed by atoms with E-state index in [2.05, 4.69) is 36.5 Å². The predicted molar refractivity (Wildman–Crippen MR) is 102 cm³/mol. The molecule has 3 nitrogen and oxygen atoms in total. The topological polar surface area (TPSA) is 38.3 Å². The van der Waals surface area contributed by atoms with E-state index in [4.69, 9.17) is 16.3 Å². The summed E-state index contributed by atoms with van der Waals surface area (Å²) in [7, 11) is 0. The molecule has 0 saturated carbocycles. The number of amides is 1. The van der Waals surface area contributed by atoms with E-state index in [0.717, 1.165) is 11.5 Å². The predicted octanol–water partition coefficient (Wildman–Crippen LogP) is 4.47. The molecule has 2 aromatic rings. The first-order valence-electron chi connectivity index (χ1n) is 7.88. The van der Waals surface area contributed by atoms with Gasteiger partial charge in [-0.25, -0.2) is 0 Å². The van der Waals surface area contributed by atoms with E-state index in [9.17, 15) is 4.79 Å². The molecule has 5 heteroatoms. The molecule has 128 valence electrons. The molecule has 0 radical (unpaired) electrons. The molecule has 0 unspecified atom stereocenters. The van der Waals surface area contributed by atoms with Crippen molar-refractivity contribution in [2.24, 2.45) is 0 Å². The molecule has 24 heavy (non-hydrogen) atoms. The van der Waals surface area contributed by atoms with Crippen LogP contribution in [0.2, 0.25) is 5.02 Å². The summed E-state index contributed by atoms with van der Waals surface area (Å²) in [4.78, 5) is 12.0. The molecule has 0 aromatic heterocycles. The highest BCUT2D eigenvalue weighted by Crippen LogP contribution is 2.18. The Bertz CT molecular complexity index is 678. The number of aryl methyl sites for hydroxylation is 1. The first-order valence-corrected chi connectivity index (χ1v) is 9.41. The van der Waals surface area contributed by atoms with E-state index in [0.29, 0.717) is 17.3 Å². The molecule has 0 bridgehead atoms. The number of carbonyl (C=O) groups is 1. The zero-order valence-corrected chi connectivity index (χ0v) is 15.5. The molecule has 0 heterocycles. The smallest absolute Gasteiger partial charge is 0.260 e. The van der Waals surface area contributed by atoms with Gasteiger partial charge in [0.1, 0.15) is 5.75 Å². The molecule has 0 aliphatic carbocycles. The van der Waals surface area contributed by atoms with Gasteiger partial charge in [-0.1, -0.05) is 47.5 Å². The summed E-state index contributed by atoms with van der Waals surface area (Å²) in [5.74, 6) is 2.29. The molecule has 2 rings (SSSR count). The van der Waals surface area contributed by atoms with Crippen molar-refractivity contribution in [3.63, 3.8) is 0 Å². The summed E-state index contributed by atoms with van der Waals surface area (Å²) in [6.45, 7) is 4.45. The number of hydrogen-bond acceptors (Lipinski definition) is 3. The van der Waals surface area contributed by atoms with Crippen LogP contribution in [0.25, 0.3) is 0 Å². The van der Waals surface area contributed by atoms with Crippen LogP contribution in [-0.2, 0) is 10.5 Å². The van der Waals surface area contributed by atoms with Crippen LogP contribution < -0.4 is 10.1 Å². The SMILES string of the molecule is Cc1cccc(CSCCNC(=O)[C@@H](C)Oc2cccc(Cl)c2)c1. The molecule has 2 aromatic carbocycles. The number of ether oxygens (including phenoxy) is 1. The number of hydrogen-bond donors (Lipinski definition) is 1. The third-order valence-electron chi connectivity index (χ3n) is 3.38. The highest BCUT2D eigenvalue weighted by molar-refractivity contribution is 7.98. The second-order valence-corrected chi connectivity index (χ2v) is 7.09. The maximum Gasteiger partial charge on any atom is 0.260 e. The lowest BCUT2D eigenvalue weighted by molar-refractivity contribution is -0.127. The number of halogens is 1. The van der Waals surface area contributed by atoms with Crippen molar-refractivity contribution in [3.05, 3.63) is 64.7 Å². The molecule has 1 atom stereocenters. The van der Waals surface area contributed by atoms with E-state index in [1.54, 1.807) is 43.0 Å². The lowest BCUT2D eigenvalue weighted by Crippen LogP contribution is -2.37. The van der Waals surface area contributed by atoms with Gasteiger partial charge in [-0.05, 0) is 37.6 Å². The maximum atomic E-state index is 12.0. The van der Waals surface area contributed by atoms with Crippen LogP contribution in [0.4, 0.5) is 0 Å². The summed E-state index contributed by atoms with van der Waals surface area (Å²) in [6, 6.07) is 15.5. The highest BCUT2D eigenvalue weighted by atomic mass is 35.5. The average molecular weight is 364 g/mol. The fourth-order valence-electron chi connectivity index (χ4n) is 2.18. The van der Waals surface area contributed by atoms with Crippen LogP contribution in [0.3, 0.4) is 0 Å². The van der Waals surface area contributed by atoms with Crippen LogP contribution in [-0.4, -0.2) is 24.3 Å². The molecule has 0 saturated heterocycles. The molecule has 1 amide bonds. The number of nitrogens with one attached hydrogen (secondary N) is 1. The fraction of sp³-hybridized carbons (Fsp3) is 0.316. The summed E-state index contributed by atoms with van der Waals surface area (Å²) < 4.78 is 5.59. The Hall–Kier alpha value is -1.65. The molecule has 0 spiro atoms. The number of benzene rings is 2. The Balaban J connectivity index is 1.65. The normalized spacial score (nSPS) is 11.8. The molecule has 0 fully saturated rings. The van der Waals surface area contributed by atoms with E-state index in [1.807, 2.05) is 0 Å². The van der Waals surface area contributed by atoms with E-state index >= 15 is 0 Å². The standard InChI is InChI=1S/C19H22ClNO2S/c1-14-5-3-6-16(11-14)13-24-10-9-21-19(22)15(2)23-18-8-4-7-17(20)12-18/h3-8,11-12,15H,9-10,13H2,1-2H3,(H,21,22)/t15-/m1/s1. The van der Waals surface area contributed by atoms with Gasteiger partial charge >= 0.3 is 0 Å². The number of carbonyl (C=O) groups excluding carboxylic acids is 1.